The fraction of sp³-hybridized carbons (Fsp3) is 0.688. The number of carbonyl (C=O) groups is 1. The van der Waals surface area contributed by atoms with Crippen molar-refractivity contribution in [3.63, 3.8) is 0 Å². The van der Waals surface area contributed by atoms with E-state index in [9.17, 15) is 9.59 Å². The normalized spacial score (nSPS) is 28.9. The summed E-state index contributed by atoms with van der Waals surface area (Å²) in [6.45, 7) is 7.42. The molecule has 2 aliphatic rings. The molecule has 5 nitrogen and oxygen atoms in total. The summed E-state index contributed by atoms with van der Waals surface area (Å²) in [7, 11) is 0. The van der Waals surface area contributed by atoms with Gasteiger partial charge in [0.2, 0.25) is 5.91 Å². The Labute approximate surface area is 145 Å². The zero-order chi connectivity index (χ0) is 17.0. The second-order valence-corrected chi connectivity index (χ2v) is 8.79. The van der Waals surface area contributed by atoms with Crippen LogP contribution in [0.3, 0.4) is 0 Å². The molecule has 2 bridgehead atoms. The van der Waals surface area contributed by atoms with E-state index in [2.05, 4.69) is 25.9 Å². The predicted octanol–water partition coefficient (Wildman–Crippen LogP) is 2.98. The molecule has 1 aromatic heterocycles. The molecule has 0 N–H and O–H groups in total. The van der Waals surface area contributed by atoms with Gasteiger partial charge in [-0.25, -0.2) is 4.68 Å². The summed E-state index contributed by atoms with van der Waals surface area (Å²) in [5, 5.41) is 3.93. The summed E-state index contributed by atoms with van der Waals surface area (Å²) in [4.78, 5) is 26.7. The van der Waals surface area contributed by atoms with E-state index >= 15 is 0 Å². The van der Waals surface area contributed by atoms with E-state index in [1.807, 2.05) is 4.90 Å². The van der Waals surface area contributed by atoms with Crippen LogP contribution in [0, 0.1) is 10.8 Å². The van der Waals surface area contributed by atoms with Crippen molar-refractivity contribution >= 4 is 29.1 Å². The molecule has 0 unspecified atom stereocenters. The SMILES string of the molecule is CC1(C)C[C@@H]2C[C@@](C)(CN2C(=O)Cn2ncc(Cl)c(Cl)c2=O)C1. The van der Waals surface area contributed by atoms with Gasteiger partial charge in [0.1, 0.15) is 11.6 Å². The van der Waals surface area contributed by atoms with Crippen molar-refractivity contribution in [2.75, 3.05) is 6.54 Å². The molecule has 2 atom stereocenters. The molecule has 126 valence electrons. The lowest BCUT2D eigenvalue weighted by molar-refractivity contribution is -0.133. The number of carbonyl (C=O) groups excluding carboxylic acids is 1. The number of nitrogens with zero attached hydrogens (tertiary/aromatic N) is 3. The van der Waals surface area contributed by atoms with Crippen LogP contribution >= 0.6 is 23.2 Å². The van der Waals surface area contributed by atoms with Crippen LogP contribution in [-0.2, 0) is 11.3 Å². The van der Waals surface area contributed by atoms with Crippen LogP contribution in [0.2, 0.25) is 10.0 Å². The van der Waals surface area contributed by atoms with Gasteiger partial charge in [-0.05, 0) is 30.1 Å². The number of hydrogen-bond donors (Lipinski definition) is 0. The fourth-order valence-corrected chi connectivity index (χ4v) is 4.80. The molecular weight excluding hydrogens is 337 g/mol. The van der Waals surface area contributed by atoms with Crippen molar-refractivity contribution in [2.24, 2.45) is 10.8 Å². The van der Waals surface area contributed by atoms with Crippen molar-refractivity contribution in [1.82, 2.24) is 14.7 Å². The average molecular weight is 358 g/mol. The minimum absolute atomic E-state index is 0.0792. The Hall–Kier alpha value is -1.07. The van der Waals surface area contributed by atoms with Gasteiger partial charge < -0.3 is 4.90 Å². The fourth-order valence-electron chi connectivity index (χ4n) is 4.53. The topological polar surface area (TPSA) is 55.2 Å². The van der Waals surface area contributed by atoms with E-state index in [1.54, 1.807) is 0 Å². The van der Waals surface area contributed by atoms with E-state index in [0.29, 0.717) is 0 Å². The van der Waals surface area contributed by atoms with Gasteiger partial charge in [-0.2, -0.15) is 5.10 Å². The van der Waals surface area contributed by atoms with Gasteiger partial charge in [-0.3, -0.25) is 9.59 Å². The van der Waals surface area contributed by atoms with E-state index in [-0.39, 0.29) is 39.4 Å². The molecule has 23 heavy (non-hydrogen) atoms. The lowest BCUT2D eigenvalue weighted by Crippen LogP contribution is -2.41. The Bertz CT molecular complexity index is 716. The zero-order valence-electron chi connectivity index (χ0n) is 13.6. The number of fused-ring (bicyclic) bond motifs is 2. The molecule has 2 fully saturated rings. The summed E-state index contributed by atoms with van der Waals surface area (Å²) in [6, 6.07) is 0.245. The summed E-state index contributed by atoms with van der Waals surface area (Å²) in [6.07, 6.45) is 4.44. The summed E-state index contributed by atoms with van der Waals surface area (Å²) >= 11 is 11.6. The standard InChI is InChI=1S/C16H21Cl2N3O2/c1-15(2)4-10-5-16(3,8-15)9-20(10)12(22)7-21-14(23)13(18)11(17)6-19-21/h6,10H,4-5,7-9H2,1-3H3/t10-,16-/m1/s1. The Kier molecular flexibility index (Phi) is 4.00. The maximum atomic E-state index is 12.7. The first-order valence-electron chi connectivity index (χ1n) is 7.81. The second kappa shape index (κ2) is 5.49. The van der Waals surface area contributed by atoms with Crippen molar-refractivity contribution in [1.29, 1.82) is 0 Å². The van der Waals surface area contributed by atoms with Crippen LogP contribution in [0.15, 0.2) is 11.0 Å². The highest BCUT2D eigenvalue weighted by molar-refractivity contribution is 6.41. The van der Waals surface area contributed by atoms with Gasteiger partial charge in [0.05, 0.1) is 11.2 Å². The molecule has 2 heterocycles. The van der Waals surface area contributed by atoms with Crippen molar-refractivity contribution < 1.29 is 4.79 Å². The van der Waals surface area contributed by atoms with Gasteiger partial charge in [0.15, 0.2) is 0 Å². The van der Waals surface area contributed by atoms with E-state index in [0.717, 1.165) is 30.5 Å². The minimum atomic E-state index is -0.527. The molecule has 3 rings (SSSR count). The van der Waals surface area contributed by atoms with Crippen molar-refractivity contribution in [3.8, 4) is 0 Å². The number of halogens is 2. The monoisotopic (exact) mass is 357 g/mol. The molecule has 1 aliphatic carbocycles. The highest BCUT2D eigenvalue weighted by Crippen LogP contribution is 2.52. The Morgan fingerprint density at radius 2 is 2.04 bits per heavy atom. The Morgan fingerprint density at radius 1 is 1.35 bits per heavy atom. The largest absolute Gasteiger partial charge is 0.338 e. The lowest BCUT2D eigenvalue weighted by Gasteiger charge is -2.39. The van der Waals surface area contributed by atoms with Crippen LogP contribution in [0.5, 0.6) is 0 Å². The molecule has 1 aliphatic heterocycles. The van der Waals surface area contributed by atoms with E-state index in [4.69, 9.17) is 23.2 Å². The summed E-state index contributed by atoms with van der Waals surface area (Å²) in [5.41, 5.74) is -0.120. The third-order valence-electron chi connectivity index (χ3n) is 4.96. The quantitative estimate of drug-likeness (QED) is 0.817. The smallest absolute Gasteiger partial charge is 0.287 e. The average Bonchev–Trinajstić information content (AvgIpc) is 2.68. The third-order valence-corrected chi connectivity index (χ3v) is 5.71. The van der Waals surface area contributed by atoms with Crippen molar-refractivity contribution in [2.45, 2.75) is 52.6 Å². The van der Waals surface area contributed by atoms with Gasteiger partial charge in [-0.1, -0.05) is 44.0 Å². The van der Waals surface area contributed by atoms with E-state index in [1.165, 1.54) is 6.20 Å². The molecule has 7 heteroatoms. The minimum Gasteiger partial charge on any atom is -0.338 e. The predicted molar refractivity (Wildman–Crippen MR) is 89.8 cm³/mol. The molecular formula is C16H21Cl2N3O2. The third kappa shape index (κ3) is 3.13. The van der Waals surface area contributed by atoms with Crippen molar-refractivity contribution in [3.05, 3.63) is 26.6 Å². The zero-order valence-corrected chi connectivity index (χ0v) is 15.1. The molecule has 0 spiro atoms. The first kappa shape index (κ1) is 16.8. The Morgan fingerprint density at radius 3 is 2.74 bits per heavy atom. The van der Waals surface area contributed by atoms with Crippen LogP contribution in [0.1, 0.15) is 40.0 Å². The summed E-state index contributed by atoms with van der Waals surface area (Å²) in [5.74, 6) is -0.0792. The first-order valence-corrected chi connectivity index (χ1v) is 8.56. The number of rotatable bonds is 2. The number of likely N-dealkylation sites (tertiary alicyclic amines) is 1. The molecule has 1 saturated heterocycles. The maximum Gasteiger partial charge on any atom is 0.287 e. The lowest BCUT2D eigenvalue weighted by atomic mass is 9.65. The highest BCUT2D eigenvalue weighted by Gasteiger charge is 2.50. The molecule has 1 amide bonds. The number of aromatic nitrogens is 2. The number of hydrogen-bond acceptors (Lipinski definition) is 3. The molecule has 1 saturated carbocycles. The van der Waals surface area contributed by atoms with Crippen LogP contribution in [0.4, 0.5) is 0 Å². The van der Waals surface area contributed by atoms with Crippen LogP contribution in [0.25, 0.3) is 0 Å². The van der Waals surface area contributed by atoms with Gasteiger partial charge in [-0.15, -0.1) is 0 Å². The molecule has 0 aromatic carbocycles. The maximum absolute atomic E-state index is 12.7. The van der Waals surface area contributed by atoms with Crippen LogP contribution in [-0.4, -0.2) is 33.2 Å². The van der Waals surface area contributed by atoms with Gasteiger partial charge >= 0.3 is 0 Å². The van der Waals surface area contributed by atoms with Crippen LogP contribution < -0.4 is 5.56 Å². The first-order chi connectivity index (χ1) is 10.6. The van der Waals surface area contributed by atoms with Gasteiger partial charge in [0, 0.05) is 12.6 Å². The van der Waals surface area contributed by atoms with E-state index < -0.39 is 5.56 Å². The van der Waals surface area contributed by atoms with Gasteiger partial charge in [0.25, 0.3) is 5.56 Å². The Balaban J connectivity index is 1.80. The molecule has 1 aromatic rings. The number of amides is 1. The second-order valence-electron chi connectivity index (χ2n) is 8.00. The summed E-state index contributed by atoms with van der Waals surface area (Å²) < 4.78 is 1.09. The molecule has 0 radical (unpaired) electrons. The highest BCUT2D eigenvalue weighted by atomic mass is 35.5.